The van der Waals surface area contributed by atoms with E-state index in [2.05, 4.69) is 48.2 Å². The molecule has 1 saturated heterocycles. The van der Waals surface area contributed by atoms with Crippen LogP contribution in [0.5, 0.6) is 0 Å². The fourth-order valence-corrected chi connectivity index (χ4v) is 3.30. The lowest BCUT2D eigenvalue weighted by molar-refractivity contribution is 0.140. The molecule has 0 spiro atoms. The quantitative estimate of drug-likeness (QED) is 0.264. The van der Waals surface area contributed by atoms with Gasteiger partial charge in [-0.15, -0.1) is 24.0 Å². The van der Waals surface area contributed by atoms with Crippen LogP contribution in [-0.4, -0.2) is 63.3 Å². The Morgan fingerprint density at radius 2 is 1.96 bits per heavy atom. The summed E-state index contributed by atoms with van der Waals surface area (Å²) in [6.07, 6.45) is 2.50. The molecule has 23 heavy (non-hydrogen) atoms. The molecule has 1 heterocycles. The SMILES string of the molecule is CCNC(=NCCCN1CC(C)CC(C)C1)NC(C)COC.I. The van der Waals surface area contributed by atoms with E-state index in [0.717, 1.165) is 43.9 Å². The molecular weight excluding hydrogens is 403 g/mol. The van der Waals surface area contributed by atoms with Crippen LogP contribution in [0.4, 0.5) is 0 Å². The van der Waals surface area contributed by atoms with Gasteiger partial charge in [-0.05, 0) is 45.1 Å². The number of nitrogens with one attached hydrogen (secondary N) is 2. The maximum Gasteiger partial charge on any atom is 0.191 e. The van der Waals surface area contributed by atoms with Crippen LogP contribution >= 0.6 is 24.0 Å². The molecular formula is C17H37IN4O. The van der Waals surface area contributed by atoms with Crippen molar-refractivity contribution in [2.75, 3.05) is 46.4 Å². The lowest BCUT2D eigenvalue weighted by Crippen LogP contribution is -2.44. The first kappa shape index (κ1) is 22.9. The summed E-state index contributed by atoms with van der Waals surface area (Å²) in [4.78, 5) is 7.27. The molecule has 6 heteroatoms. The van der Waals surface area contributed by atoms with Gasteiger partial charge in [0.1, 0.15) is 0 Å². The van der Waals surface area contributed by atoms with E-state index in [0.29, 0.717) is 6.61 Å². The molecule has 1 rings (SSSR count). The molecule has 0 radical (unpaired) electrons. The fourth-order valence-electron chi connectivity index (χ4n) is 3.30. The highest BCUT2D eigenvalue weighted by Gasteiger charge is 2.20. The van der Waals surface area contributed by atoms with Crippen molar-refractivity contribution in [1.82, 2.24) is 15.5 Å². The van der Waals surface area contributed by atoms with Crippen LogP contribution in [0.1, 0.15) is 40.5 Å². The number of guanidine groups is 1. The van der Waals surface area contributed by atoms with Gasteiger partial charge in [0.15, 0.2) is 5.96 Å². The molecule has 3 unspecified atom stereocenters. The van der Waals surface area contributed by atoms with Crippen LogP contribution in [0.15, 0.2) is 4.99 Å². The molecule has 5 nitrogen and oxygen atoms in total. The Labute approximate surface area is 160 Å². The highest BCUT2D eigenvalue weighted by atomic mass is 127. The van der Waals surface area contributed by atoms with Gasteiger partial charge in [0, 0.05) is 39.3 Å². The first-order valence-corrected chi connectivity index (χ1v) is 8.81. The second-order valence-corrected chi connectivity index (χ2v) is 6.82. The van der Waals surface area contributed by atoms with Gasteiger partial charge in [0.2, 0.25) is 0 Å². The molecule has 0 amide bonds. The van der Waals surface area contributed by atoms with Gasteiger partial charge in [-0.25, -0.2) is 0 Å². The highest BCUT2D eigenvalue weighted by molar-refractivity contribution is 14.0. The number of methoxy groups -OCH3 is 1. The Hall–Kier alpha value is -0.0800. The van der Waals surface area contributed by atoms with Crippen molar-refractivity contribution in [2.45, 2.75) is 46.6 Å². The van der Waals surface area contributed by atoms with Crippen molar-refractivity contribution >= 4 is 29.9 Å². The predicted octanol–water partition coefficient (Wildman–Crippen LogP) is 2.56. The molecule has 0 aliphatic carbocycles. The summed E-state index contributed by atoms with van der Waals surface area (Å²) >= 11 is 0. The van der Waals surface area contributed by atoms with Crippen molar-refractivity contribution < 1.29 is 4.74 Å². The third-order valence-electron chi connectivity index (χ3n) is 3.99. The second kappa shape index (κ2) is 13.2. The van der Waals surface area contributed by atoms with Gasteiger partial charge >= 0.3 is 0 Å². The minimum atomic E-state index is 0. The van der Waals surface area contributed by atoms with E-state index in [1.165, 1.54) is 19.5 Å². The number of hydrogen-bond donors (Lipinski definition) is 2. The average molecular weight is 440 g/mol. The van der Waals surface area contributed by atoms with Gasteiger partial charge in [-0.2, -0.15) is 0 Å². The van der Waals surface area contributed by atoms with E-state index < -0.39 is 0 Å². The summed E-state index contributed by atoms with van der Waals surface area (Å²) in [6.45, 7) is 15.0. The fraction of sp³-hybridized carbons (Fsp3) is 0.941. The summed E-state index contributed by atoms with van der Waals surface area (Å²) in [7, 11) is 1.73. The number of nitrogens with zero attached hydrogens (tertiary/aromatic N) is 2. The van der Waals surface area contributed by atoms with Crippen LogP contribution in [-0.2, 0) is 4.74 Å². The lowest BCUT2D eigenvalue weighted by atomic mass is 9.92. The van der Waals surface area contributed by atoms with E-state index in [-0.39, 0.29) is 30.0 Å². The Morgan fingerprint density at radius 1 is 1.30 bits per heavy atom. The number of piperidine rings is 1. The van der Waals surface area contributed by atoms with Gasteiger partial charge < -0.3 is 20.3 Å². The van der Waals surface area contributed by atoms with Crippen LogP contribution in [0.3, 0.4) is 0 Å². The molecule has 0 aromatic rings. The Bertz CT molecular complexity index is 318. The molecule has 0 saturated carbocycles. The van der Waals surface area contributed by atoms with Crippen LogP contribution in [0.2, 0.25) is 0 Å². The minimum Gasteiger partial charge on any atom is -0.383 e. The first-order valence-electron chi connectivity index (χ1n) is 8.81. The molecule has 0 bridgehead atoms. The summed E-state index contributed by atoms with van der Waals surface area (Å²) in [5.74, 6) is 2.56. The highest BCUT2D eigenvalue weighted by Crippen LogP contribution is 2.20. The number of hydrogen-bond acceptors (Lipinski definition) is 3. The molecule has 0 aromatic carbocycles. The third kappa shape index (κ3) is 10.4. The number of ether oxygens (including phenoxy) is 1. The largest absolute Gasteiger partial charge is 0.383 e. The normalized spacial score (nSPS) is 24.0. The zero-order valence-corrected chi connectivity index (χ0v) is 17.9. The number of rotatable bonds is 8. The zero-order valence-electron chi connectivity index (χ0n) is 15.6. The topological polar surface area (TPSA) is 48.9 Å². The Morgan fingerprint density at radius 3 is 2.52 bits per heavy atom. The van der Waals surface area contributed by atoms with Crippen LogP contribution < -0.4 is 10.6 Å². The molecule has 1 aliphatic heterocycles. The number of likely N-dealkylation sites (tertiary alicyclic amines) is 1. The summed E-state index contributed by atoms with van der Waals surface area (Å²) < 4.78 is 5.16. The lowest BCUT2D eigenvalue weighted by Gasteiger charge is -2.34. The summed E-state index contributed by atoms with van der Waals surface area (Å²) in [6, 6.07) is 0.270. The van der Waals surface area contributed by atoms with Gasteiger partial charge in [0.05, 0.1) is 6.61 Å². The first-order chi connectivity index (χ1) is 10.5. The van der Waals surface area contributed by atoms with E-state index in [1.807, 2.05) is 0 Å². The Kier molecular flexibility index (Phi) is 13.2. The van der Waals surface area contributed by atoms with Crippen molar-refractivity contribution in [3.63, 3.8) is 0 Å². The van der Waals surface area contributed by atoms with E-state index in [9.17, 15) is 0 Å². The van der Waals surface area contributed by atoms with Crippen molar-refractivity contribution in [3.05, 3.63) is 0 Å². The maximum absolute atomic E-state index is 5.16. The second-order valence-electron chi connectivity index (χ2n) is 6.82. The van der Waals surface area contributed by atoms with E-state index in [1.54, 1.807) is 7.11 Å². The van der Waals surface area contributed by atoms with Gasteiger partial charge in [0.25, 0.3) is 0 Å². The van der Waals surface area contributed by atoms with Crippen molar-refractivity contribution in [2.24, 2.45) is 16.8 Å². The van der Waals surface area contributed by atoms with Gasteiger partial charge in [-0.1, -0.05) is 13.8 Å². The van der Waals surface area contributed by atoms with Gasteiger partial charge in [-0.3, -0.25) is 4.99 Å². The van der Waals surface area contributed by atoms with Crippen molar-refractivity contribution in [3.8, 4) is 0 Å². The molecule has 1 aliphatic rings. The third-order valence-corrected chi connectivity index (χ3v) is 3.99. The monoisotopic (exact) mass is 440 g/mol. The molecule has 0 aromatic heterocycles. The molecule has 138 valence electrons. The summed E-state index contributed by atoms with van der Waals surface area (Å²) in [5, 5.41) is 6.67. The standard InChI is InChI=1S/C17H36N4O.HI/c1-6-18-17(20-16(4)13-22-5)19-8-7-9-21-11-14(2)10-15(3)12-21;/h14-16H,6-13H2,1-5H3,(H2,18,19,20);1H. The smallest absolute Gasteiger partial charge is 0.191 e. The Balaban J connectivity index is 0.00000484. The minimum absolute atomic E-state index is 0. The number of aliphatic imine (C=N–C) groups is 1. The maximum atomic E-state index is 5.16. The predicted molar refractivity (Wildman–Crippen MR) is 110 cm³/mol. The van der Waals surface area contributed by atoms with E-state index >= 15 is 0 Å². The van der Waals surface area contributed by atoms with Crippen LogP contribution in [0.25, 0.3) is 0 Å². The average Bonchev–Trinajstić information content (AvgIpc) is 2.43. The molecule has 1 fully saturated rings. The molecule has 3 atom stereocenters. The molecule has 2 N–H and O–H groups in total. The summed E-state index contributed by atoms with van der Waals surface area (Å²) in [5.41, 5.74) is 0. The zero-order chi connectivity index (χ0) is 16.4. The van der Waals surface area contributed by atoms with Crippen LogP contribution in [0, 0.1) is 11.8 Å². The van der Waals surface area contributed by atoms with Crippen molar-refractivity contribution in [1.29, 1.82) is 0 Å². The number of halogens is 1. The van der Waals surface area contributed by atoms with E-state index in [4.69, 9.17) is 4.74 Å².